The van der Waals surface area contributed by atoms with Crippen molar-refractivity contribution >= 4 is 0 Å². The maximum absolute atomic E-state index is 13.4. The van der Waals surface area contributed by atoms with Crippen LogP contribution in [0.15, 0.2) is 12.1 Å². The van der Waals surface area contributed by atoms with E-state index in [0.29, 0.717) is 17.9 Å². The van der Waals surface area contributed by atoms with Crippen LogP contribution in [-0.2, 0) is 6.42 Å². The van der Waals surface area contributed by atoms with Crippen LogP contribution in [-0.4, -0.2) is 0 Å². The summed E-state index contributed by atoms with van der Waals surface area (Å²) in [6.07, 6.45) is 26.8. The highest BCUT2D eigenvalue weighted by Gasteiger charge is 2.25. The first-order chi connectivity index (χ1) is 16.5. The second-order valence-corrected chi connectivity index (χ2v) is 11.7. The zero-order valence-electron chi connectivity index (χ0n) is 21.7. The fourth-order valence-electron chi connectivity index (χ4n) is 6.60. The molecule has 194 valence electrons. The number of halogens is 3. The van der Waals surface area contributed by atoms with Crippen LogP contribution in [0.25, 0.3) is 0 Å². The van der Waals surface area contributed by atoms with Gasteiger partial charge in [-0.3, -0.25) is 0 Å². The number of hydrogen-bond acceptors (Lipinski definition) is 0. The Morgan fingerprint density at radius 1 is 0.559 bits per heavy atom. The van der Waals surface area contributed by atoms with E-state index in [0.717, 1.165) is 36.3 Å². The molecule has 0 aromatic heterocycles. The highest BCUT2D eigenvalue weighted by atomic mass is 19.2. The largest absolute Gasteiger partial charge is 0.204 e. The van der Waals surface area contributed by atoms with Crippen LogP contribution in [0.2, 0.25) is 0 Å². The van der Waals surface area contributed by atoms with Gasteiger partial charge in [0.25, 0.3) is 0 Å². The van der Waals surface area contributed by atoms with Gasteiger partial charge in [0.2, 0.25) is 0 Å². The second kappa shape index (κ2) is 15.2. The first-order valence-electron chi connectivity index (χ1n) is 14.7. The summed E-state index contributed by atoms with van der Waals surface area (Å²) in [7, 11) is 0. The third-order valence-electron chi connectivity index (χ3n) is 9.02. The average Bonchev–Trinajstić information content (AvgIpc) is 2.85. The van der Waals surface area contributed by atoms with E-state index in [2.05, 4.69) is 6.92 Å². The zero-order chi connectivity index (χ0) is 24.2. The molecule has 1 aromatic rings. The van der Waals surface area contributed by atoms with Crippen molar-refractivity contribution in [1.29, 1.82) is 0 Å². The molecule has 2 saturated carbocycles. The first-order valence-corrected chi connectivity index (χ1v) is 14.7. The molecule has 1 aromatic carbocycles. The van der Waals surface area contributed by atoms with Crippen molar-refractivity contribution in [2.45, 2.75) is 135 Å². The van der Waals surface area contributed by atoms with Crippen LogP contribution in [0, 0.1) is 41.1 Å². The molecule has 0 saturated heterocycles. The molecule has 0 heterocycles. The summed E-state index contributed by atoms with van der Waals surface area (Å²) in [4.78, 5) is 0. The summed E-state index contributed by atoms with van der Waals surface area (Å²) in [5.41, 5.74) is 0.584. The van der Waals surface area contributed by atoms with Gasteiger partial charge in [-0.05, 0) is 54.2 Å². The minimum atomic E-state index is -1.36. The van der Waals surface area contributed by atoms with E-state index in [-0.39, 0.29) is 0 Å². The number of benzene rings is 1. The Morgan fingerprint density at radius 3 is 1.47 bits per heavy atom. The van der Waals surface area contributed by atoms with Crippen molar-refractivity contribution in [3.05, 3.63) is 35.1 Å². The van der Waals surface area contributed by atoms with Crippen LogP contribution >= 0.6 is 0 Å². The molecule has 0 amide bonds. The van der Waals surface area contributed by atoms with Gasteiger partial charge < -0.3 is 0 Å². The number of unbranched alkanes of at least 4 members (excludes halogenated alkanes) is 6. The highest BCUT2D eigenvalue weighted by molar-refractivity contribution is 5.19. The zero-order valence-corrected chi connectivity index (χ0v) is 21.7. The van der Waals surface area contributed by atoms with E-state index < -0.39 is 17.5 Å². The summed E-state index contributed by atoms with van der Waals surface area (Å²) < 4.78 is 40.0. The van der Waals surface area contributed by atoms with Crippen LogP contribution in [0.5, 0.6) is 0 Å². The van der Waals surface area contributed by atoms with E-state index >= 15 is 0 Å². The van der Waals surface area contributed by atoms with Crippen LogP contribution in [0.1, 0.15) is 134 Å². The van der Waals surface area contributed by atoms with Crippen LogP contribution in [0.3, 0.4) is 0 Å². The first kappa shape index (κ1) is 27.6. The van der Waals surface area contributed by atoms with Gasteiger partial charge in [0.15, 0.2) is 17.5 Å². The van der Waals surface area contributed by atoms with Crippen molar-refractivity contribution in [3.63, 3.8) is 0 Å². The van der Waals surface area contributed by atoms with Gasteiger partial charge in [0.1, 0.15) is 0 Å². The maximum Gasteiger partial charge on any atom is 0.194 e. The van der Waals surface area contributed by atoms with Crippen molar-refractivity contribution in [3.8, 4) is 0 Å². The molecule has 0 spiro atoms. The molecule has 0 radical (unpaired) electrons. The van der Waals surface area contributed by atoms with Gasteiger partial charge in [-0.1, -0.05) is 122 Å². The summed E-state index contributed by atoms with van der Waals surface area (Å²) in [6.45, 7) is 2.29. The molecule has 3 rings (SSSR count). The fraction of sp³-hybridized carbons (Fsp3) is 0.806. The van der Waals surface area contributed by atoms with E-state index in [1.54, 1.807) is 0 Å². The molecule has 3 heteroatoms. The molecule has 0 N–H and O–H groups in total. The fourth-order valence-corrected chi connectivity index (χ4v) is 6.60. The summed E-state index contributed by atoms with van der Waals surface area (Å²) in [5.74, 6) is 0.00980. The van der Waals surface area contributed by atoms with Crippen molar-refractivity contribution in [2.75, 3.05) is 0 Å². The van der Waals surface area contributed by atoms with E-state index in [4.69, 9.17) is 0 Å². The van der Waals surface area contributed by atoms with E-state index in [9.17, 15) is 13.2 Å². The third kappa shape index (κ3) is 9.57. The third-order valence-corrected chi connectivity index (χ3v) is 9.02. The van der Waals surface area contributed by atoms with Crippen LogP contribution < -0.4 is 0 Å². The Labute approximate surface area is 207 Å². The normalized spacial score (nSPS) is 25.5. The van der Waals surface area contributed by atoms with Crippen molar-refractivity contribution in [1.82, 2.24) is 0 Å². The molecule has 0 unspecified atom stereocenters. The van der Waals surface area contributed by atoms with E-state index in [1.807, 2.05) is 0 Å². The van der Waals surface area contributed by atoms with Gasteiger partial charge in [-0.25, -0.2) is 13.2 Å². The average molecular weight is 479 g/mol. The molecule has 0 atom stereocenters. The molecule has 2 aliphatic carbocycles. The monoisotopic (exact) mass is 478 g/mol. The number of hydrogen-bond donors (Lipinski definition) is 0. The van der Waals surface area contributed by atoms with Gasteiger partial charge >= 0.3 is 0 Å². The molecular weight excluding hydrogens is 429 g/mol. The van der Waals surface area contributed by atoms with E-state index in [1.165, 1.54) is 116 Å². The smallest absolute Gasteiger partial charge is 0.194 e. The minimum Gasteiger partial charge on any atom is -0.204 e. The second-order valence-electron chi connectivity index (χ2n) is 11.7. The molecule has 2 fully saturated rings. The Bertz CT molecular complexity index is 661. The molecule has 34 heavy (non-hydrogen) atoms. The molecular formula is C31H49F3. The minimum absolute atomic E-state index is 0.584. The molecule has 0 aliphatic heterocycles. The maximum atomic E-state index is 13.4. The van der Waals surface area contributed by atoms with Crippen molar-refractivity contribution < 1.29 is 13.2 Å². The quantitative estimate of drug-likeness (QED) is 0.184. The lowest BCUT2D eigenvalue weighted by atomic mass is 9.74. The topological polar surface area (TPSA) is 0 Å². The Kier molecular flexibility index (Phi) is 12.3. The molecule has 2 aliphatic rings. The van der Waals surface area contributed by atoms with Crippen molar-refractivity contribution in [2.24, 2.45) is 23.7 Å². The Balaban J connectivity index is 1.21. The SMILES string of the molecule is CCCCCCCCC[C@H]1CC[C@H](CCC2CCC(CCc3cc(F)c(F)c(F)c3)CC2)CC1. The van der Waals surface area contributed by atoms with Crippen LogP contribution in [0.4, 0.5) is 13.2 Å². The lowest BCUT2D eigenvalue weighted by molar-refractivity contribution is 0.208. The van der Waals surface area contributed by atoms with Gasteiger partial charge in [0.05, 0.1) is 0 Å². The van der Waals surface area contributed by atoms with Gasteiger partial charge in [0, 0.05) is 0 Å². The summed E-state index contributed by atoms with van der Waals surface area (Å²) >= 11 is 0. The Morgan fingerprint density at radius 2 is 0.971 bits per heavy atom. The lowest BCUT2D eigenvalue weighted by Gasteiger charge is -2.32. The number of rotatable bonds is 14. The summed E-state index contributed by atoms with van der Waals surface area (Å²) in [5, 5.41) is 0. The molecule has 0 nitrogen and oxygen atoms in total. The highest BCUT2D eigenvalue weighted by Crippen LogP contribution is 2.38. The molecule has 0 bridgehead atoms. The predicted octanol–water partition coefficient (Wildman–Crippen LogP) is 10.6. The number of aryl methyl sites for hydroxylation is 1. The Hall–Kier alpha value is -0.990. The predicted molar refractivity (Wildman–Crippen MR) is 137 cm³/mol. The summed E-state index contributed by atoms with van der Waals surface area (Å²) in [6, 6.07) is 2.32. The van der Waals surface area contributed by atoms with Gasteiger partial charge in [-0.2, -0.15) is 0 Å². The van der Waals surface area contributed by atoms with Gasteiger partial charge in [-0.15, -0.1) is 0 Å². The lowest BCUT2D eigenvalue weighted by Crippen LogP contribution is -2.18. The standard InChI is InChI=1S/C31H49F3/c1-2-3-4-5-6-7-8-9-24-10-12-25(13-11-24)14-15-26-16-18-27(19-17-26)20-21-28-22-29(32)31(34)30(33)23-28/h22-27H,2-21H2,1H3/t24-,25-,26?,27?.